The Balaban J connectivity index is 1.55. The van der Waals surface area contributed by atoms with Gasteiger partial charge in [-0.15, -0.1) is 0 Å². The van der Waals surface area contributed by atoms with E-state index in [9.17, 15) is 14.4 Å². The van der Waals surface area contributed by atoms with Crippen molar-refractivity contribution in [1.82, 2.24) is 0 Å². The van der Waals surface area contributed by atoms with Crippen LogP contribution in [0.1, 0.15) is 23.2 Å². The van der Waals surface area contributed by atoms with Gasteiger partial charge in [0.2, 0.25) is 18.6 Å². The second-order valence-corrected chi connectivity index (χ2v) is 5.70. The lowest BCUT2D eigenvalue weighted by Crippen LogP contribution is -2.28. The first kappa shape index (κ1) is 15.2. The molecule has 0 aromatic heterocycles. The molecule has 0 aliphatic carbocycles. The molecule has 2 aliphatic heterocycles. The Labute approximate surface area is 143 Å². The summed E-state index contributed by atoms with van der Waals surface area (Å²) in [6.07, 6.45) is 0.402. The van der Waals surface area contributed by atoms with E-state index in [-0.39, 0.29) is 37.4 Å². The number of anilines is 2. The Morgan fingerprint density at radius 1 is 0.960 bits per heavy atom. The molecule has 0 spiro atoms. The normalized spacial score (nSPS) is 15.6. The van der Waals surface area contributed by atoms with Crippen LogP contribution in [0.25, 0.3) is 0 Å². The number of fused-ring (bicyclic) bond motifs is 1. The van der Waals surface area contributed by atoms with E-state index in [1.165, 1.54) is 6.07 Å². The van der Waals surface area contributed by atoms with Crippen LogP contribution in [0.4, 0.5) is 11.4 Å². The number of carbonyl (C=O) groups excluding carboxylic acids is 3. The van der Waals surface area contributed by atoms with Crippen molar-refractivity contribution in [3.8, 4) is 11.5 Å². The van der Waals surface area contributed by atoms with Gasteiger partial charge >= 0.3 is 0 Å². The van der Waals surface area contributed by atoms with Crippen molar-refractivity contribution in [3.05, 3.63) is 48.0 Å². The molecular formula is C18H14N2O5. The molecule has 1 fully saturated rings. The predicted molar refractivity (Wildman–Crippen MR) is 88.7 cm³/mol. The fourth-order valence-electron chi connectivity index (χ4n) is 2.83. The van der Waals surface area contributed by atoms with Gasteiger partial charge < -0.3 is 14.8 Å². The molecule has 1 saturated heterocycles. The Bertz CT molecular complexity index is 877. The monoisotopic (exact) mass is 338 g/mol. The molecule has 0 radical (unpaired) electrons. The van der Waals surface area contributed by atoms with Crippen molar-refractivity contribution in [3.63, 3.8) is 0 Å². The van der Waals surface area contributed by atoms with Crippen LogP contribution in [0.15, 0.2) is 42.5 Å². The maximum Gasteiger partial charge on any atom is 0.255 e. The largest absolute Gasteiger partial charge is 0.454 e. The van der Waals surface area contributed by atoms with E-state index in [1.807, 2.05) is 0 Å². The molecule has 7 nitrogen and oxygen atoms in total. The lowest BCUT2D eigenvalue weighted by Gasteiger charge is -2.15. The Hall–Kier alpha value is -3.35. The zero-order valence-corrected chi connectivity index (χ0v) is 13.2. The lowest BCUT2D eigenvalue weighted by atomic mass is 10.1. The van der Waals surface area contributed by atoms with Crippen LogP contribution >= 0.6 is 0 Å². The zero-order chi connectivity index (χ0) is 17.4. The van der Waals surface area contributed by atoms with Crippen molar-refractivity contribution >= 4 is 29.1 Å². The third kappa shape index (κ3) is 2.80. The predicted octanol–water partition coefficient (Wildman–Crippen LogP) is 2.32. The second-order valence-electron chi connectivity index (χ2n) is 5.70. The van der Waals surface area contributed by atoms with Gasteiger partial charge in [-0.1, -0.05) is 6.07 Å². The van der Waals surface area contributed by atoms with Crippen LogP contribution in [-0.4, -0.2) is 24.5 Å². The summed E-state index contributed by atoms with van der Waals surface area (Å²) < 4.78 is 10.5. The topological polar surface area (TPSA) is 84.9 Å². The van der Waals surface area contributed by atoms with Gasteiger partial charge in [0, 0.05) is 30.2 Å². The zero-order valence-electron chi connectivity index (χ0n) is 13.2. The minimum Gasteiger partial charge on any atom is -0.454 e. The van der Waals surface area contributed by atoms with Gasteiger partial charge in [-0.2, -0.15) is 0 Å². The highest BCUT2D eigenvalue weighted by atomic mass is 16.7. The molecule has 0 saturated carbocycles. The number of rotatable bonds is 3. The molecule has 2 aromatic carbocycles. The summed E-state index contributed by atoms with van der Waals surface area (Å²) in [5.41, 5.74) is 1.32. The summed E-state index contributed by atoms with van der Waals surface area (Å²) in [5, 5.41) is 2.77. The first-order chi connectivity index (χ1) is 12.1. The van der Waals surface area contributed by atoms with E-state index in [0.29, 0.717) is 28.4 Å². The molecule has 3 amide bonds. The summed E-state index contributed by atoms with van der Waals surface area (Å²) in [6.45, 7) is 0.159. The number of carbonyl (C=O) groups is 3. The summed E-state index contributed by atoms with van der Waals surface area (Å²) in [7, 11) is 0. The summed E-state index contributed by atoms with van der Waals surface area (Å²) in [6, 6.07) is 11.5. The van der Waals surface area contributed by atoms with Crippen LogP contribution in [0, 0.1) is 0 Å². The summed E-state index contributed by atoms with van der Waals surface area (Å²) in [4.78, 5) is 37.3. The molecule has 2 aromatic rings. The van der Waals surface area contributed by atoms with Crippen molar-refractivity contribution in [2.45, 2.75) is 12.8 Å². The quantitative estimate of drug-likeness (QED) is 0.868. The number of ether oxygens (including phenoxy) is 2. The number of imide groups is 1. The molecule has 4 rings (SSSR count). The molecule has 2 aliphatic rings. The van der Waals surface area contributed by atoms with E-state index in [1.54, 1.807) is 36.4 Å². The molecule has 0 unspecified atom stereocenters. The minimum absolute atomic E-state index is 0.159. The molecule has 0 bridgehead atoms. The fraction of sp³-hybridized carbons (Fsp3) is 0.167. The average Bonchev–Trinajstić information content (AvgIpc) is 3.21. The highest BCUT2D eigenvalue weighted by Gasteiger charge is 2.30. The van der Waals surface area contributed by atoms with Crippen LogP contribution in [0.2, 0.25) is 0 Å². The first-order valence-corrected chi connectivity index (χ1v) is 7.79. The number of nitrogens with one attached hydrogen (secondary N) is 1. The van der Waals surface area contributed by atoms with Gasteiger partial charge in [0.25, 0.3) is 5.91 Å². The number of amides is 3. The van der Waals surface area contributed by atoms with Crippen molar-refractivity contribution in [1.29, 1.82) is 0 Å². The molecule has 1 N–H and O–H groups in total. The molecule has 25 heavy (non-hydrogen) atoms. The van der Waals surface area contributed by atoms with Gasteiger partial charge in [0.1, 0.15) is 0 Å². The molecular weight excluding hydrogens is 324 g/mol. The molecule has 2 heterocycles. The number of hydrogen-bond donors (Lipinski definition) is 1. The standard InChI is InChI=1S/C18H14N2O5/c21-16-6-7-17(22)20(16)13-3-1-2-11(8-13)18(23)19-12-4-5-14-15(9-12)25-10-24-14/h1-5,8-9H,6-7,10H2,(H,19,23). The highest BCUT2D eigenvalue weighted by molar-refractivity contribution is 6.20. The van der Waals surface area contributed by atoms with E-state index < -0.39 is 0 Å². The van der Waals surface area contributed by atoms with Crippen molar-refractivity contribution < 1.29 is 23.9 Å². The van der Waals surface area contributed by atoms with Crippen LogP contribution in [-0.2, 0) is 9.59 Å². The highest BCUT2D eigenvalue weighted by Crippen LogP contribution is 2.34. The summed E-state index contributed by atoms with van der Waals surface area (Å²) in [5.74, 6) is 0.349. The van der Waals surface area contributed by atoms with Gasteiger partial charge in [0.15, 0.2) is 11.5 Å². The number of hydrogen-bond acceptors (Lipinski definition) is 5. The summed E-state index contributed by atoms with van der Waals surface area (Å²) >= 11 is 0. The van der Waals surface area contributed by atoms with Gasteiger partial charge in [0.05, 0.1) is 5.69 Å². The van der Waals surface area contributed by atoms with E-state index in [4.69, 9.17) is 9.47 Å². The molecule has 126 valence electrons. The number of nitrogens with zero attached hydrogens (tertiary/aromatic N) is 1. The van der Waals surface area contributed by atoms with E-state index in [0.717, 1.165) is 4.90 Å². The van der Waals surface area contributed by atoms with Crippen molar-refractivity contribution in [2.75, 3.05) is 17.0 Å². The average molecular weight is 338 g/mol. The number of benzene rings is 2. The van der Waals surface area contributed by atoms with Gasteiger partial charge in [-0.25, -0.2) is 0 Å². The SMILES string of the molecule is O=C(Nc1ccc2c(c1)OCO2)c1cccc(N2C(=O)CCC2=O)c1. The lowest BCUT2D eigenvalue weighted by molar-refractivity contribution is -0.121. The first-order valence-electron chi connectivity index (χ1n) is 7.79. The van der Waals surface area contributed by atoms with E-state index >= 15 is 0 Å². The van der Waals surface area contributed by atoms with Crippen LogP contribution < -0.4 is 19.7 Å². The van der Waals surface area contributed by atoms with Gasteiger partial charge in [-0.05, 0) is 30.3 Å². The minimum atomic E-state index is -0.347. The molecule has 7 heteroatoms. The Morgan fingerprint density at radius 3 is 2.52 bits per heavy atom. The fourth-order valence-corrected chi connectivity index (χ4v) is 2.83. The van der Waals surface area contributed by atoms with Crippen LogP contribution in [0.5, 0.6) is 11.5 Å². The maximum absolute atomic E-state index is 12.5. The third-order valence-corrected chi connectivity index (χ3v) is 4.05. The second kappa shape index (κ2) is 5.94. The van der Waals surface area contributed by atoms with Crippen LogP contribution in [0.3, 0.4) is 0 Å². The smallest absolute Gasteiger partial charge is 0.255 e. The molecule has 0 atom stereocenters. The van der Waals surface area contributed by atoms with Crippen molar-refractivity contribution in [2.24, 2.45) is 0 Å². The third-order valence-electron chi connectivity index (χ3n) is 4.05. The maximum atomic E-state index is 12.5. The Morgan fingerprint density at radius 2 is 1.72 bits per heavy atom. The van der Waals surface area contributed by atoms with Gasteiger partial charge in [-0.3, -0.25) is 19.3 Å². The van der Waals surface area contributed by atoms with E-state index in [2.05, 4.69) is 5.32 Å². The Kier molecular flexibility index (Phi) is 3.61.